The third kappa shape index (κ3) is 2.76. The molecule has 4 rings (SSSR count). The van der Waals surface area contributed by atoms with Gasteiger partial charge in [0, 0.05) is 23.1 Å². The molecule has 0 bridgehead atoms. The Morgan fingerprint density at radius 2 is 1.74 bits per heavy atom. The molecule has 5 heteroatoms. The van der Waals surface area contributed by atoms with Gasteiger partial charge >= 0.3 is 0 Å². The minimum Gasteiger partial charge on any atom is -0.423 e. The monoisotopic (exact) mass is 302 g/mol. The summed E-state index contributed by atoms with van der Waals surface area (Å²) < 4.78 is 5.66. The third-order valence-corrected chi connectivity index (χ3v) is 3.48. The van der Waals surface area contributed by atoms with Crippen LogP contribution in [0.1, 0.15) is 5.69 Å². The van der Waals surface area contributed by atoms with Crippen LogP contribution in [-0.4, -0.2) is 15.0 Å². The lowest BCUT2D eigenvalue weighted by molar-refractivity contribution is 0.623. The number of anilines is 2. The van der Waals surface area contributed by atoms with Gasteiger partial charge in [0.2, 0.25) is 0 Å². The van der Waals surface area contributed by atoms with E-state index < -0.39 is 0 Å². The van der Waals surface area contributed by atoms with Crippen molar-refractivity contribution < 1.29 is 4.42 Å². The van der Waals surface area contributed by atoms with Crippen molar-refractivity contribution in [3.05, 3.63) is 66.5 Å². The van der Waals surface area contributed by atoms with Crippen LogP contribution in [0.25, 0.3) is 22.5 Å². The Morgan fingerprint density at radius 3 is 2.52 bits per heavy atom. The van der Waals surface area contributed by atoms with Gasteiger partial charge in [0.25, 0.3) is 6.01 Å². The molecule has 0 aliphatic carbocycles. The standard InChI is InChI=1S/C18H14N4O/c1-12-10-11-19-17(20-12)13-6-8-14(9-7-13)21-18-22-15-4-2-3-5-16(15)23-18/h2-11H,1H3,(H,21,22). The average molecular weight is 302 g/mol. The number of fused-ring (bicyclic) bond motifs is 1. The van der Waals surface area contributed by atoms with Gasteiger partial charge in [-0.25, -0.2) is 9.97 Å². The topological polar surface area (TPSA) is 63.8 Å². The van der Waals surface area contributed by atoms with Crippen LogP contribution in [0.5, 0.6) is 0 Å². The van der Waals surface area contributed by atoms with Crippen molar-refractivity contribution in [2.75, 3.05) is 5.32 Å². The van der Waals surface area contributed by atoms with Crippen LogP contribution >= 0.6 is 0 Å². The Labute approximate surface area is 133 Å². The molecule has 4 aromatic rings. The molecule has 0 unspecified atom stereocenters. The molecule has 23 heavy (non-hydrogen) atoms. The zero-order chi connectivity index (χ0) is 15.6. The predicted octanol–water partition coefficient (Wildman–Crippen LogP) is 4.34. The molecule has 1 N–H and O–H groups in total. The average Bonchev–Trinajstić information content (AvgIpc) is 2.98. The second-order valence-corrected chi connectivity index (χ2v) is 5.21. The van der Waals surface area contributed by atoms with E-state index in [1.165, 1.54) is 0 Å². The first kappa shape index (κ1) is 13.5. The molecule has 0 fully saturated rings. The van der Waals surface area contributed by atoms with Crippen LogP contribution in [0, 0.1) is 6.92 Å². The normalized spacial score (nSPS) is 10.8. The smallest absolute Gasteiger partial charge is 0.300 e. The largest absolute Gasteiger partial charge is 0.423 e. The molecule has 0 atom stereocenters. The number of nitrogens with one attached hydrogen (secondary N) is 1. The van der Waals surface area contributed by atoms with E-state index in [0.29, 0.717) is 6.01 Å². The Hall–Kier alpha value is -3.21. The lowest BCUT2D eigenvalue weighted by atomic mass is 10.2. The van der Waals surface area contributed by atoms with E-state index in [0.717, 1.165) is 33.9 Å². The van der Waals surface area contributed by atoms with Crippen molar-refractivity contribution >= 4 is 22.8 Å². The number of aryl methyl sites for hydroxylation is 1. The first-order chi connectivity index (χ1) is 11.3. The van der Waals surface area contributed by atoms with Crippen LogP contribution in [0.4, 0.5) is 11.7 Å². The number of hydrogen-bond acceptors (Lipinski definition) is 5. The summed E-state index contributed by atoms with van der Waals surface area (Å²) in [4.78, 5) is 13.1. The fourth-order valence-electron chi connectivity index (χ4n) is 2.34. The summed E-state index contributed by atoms with van der Waals surface area (Å²) in [6.07, 6.45) is 1.77. The van der Waals surface area contributed by atoms with Crippen molar-refractivity contribution in [3.8, 4) is 11.4 Å². The first-order valence-electron chi connectivity index (χ1n) is 7.31. The molecule has 0 saturated heterocycles. The van der Waals surface area contributed by atoms with Crippen molar-refractivity contribution in [2.24, 2.45) is 0 Å². The summed E-state index contributed by atoms with van der Waals surface area (Å²) in [6, 6.07) is 17.9. The zero-order valence-corrected chi connectivity index (χ0v) is 12.5. The minimum absolute atomic E-state index is 0.478. The van der Waals surface area contributed by atoms with Gasteiger partial charge in [0.15, 0.2) is 11.4 Å². The molecule has 2 aromatic heterocycles. The molecule has 0 radical (unpaired) electrons. The number of benzene rings is 2. The molecule has 0 saturated carbocycles. The van der Waals surface area contributed by atoms with Crippen molar-refractivity contribution in [3.63, 3.8) is 0 Å². The fraction of sp³-hybridized carbons (Fsp3) is 0.0556. The van der Waals surface area contributed by atoms with Gasteiger partial charge in [-0.3, -0.25) is 0 Å². The van der Waals surface area contributed by atoms with E-state index in [9.17, 15) is 0 Å². The summed E-state index contributed by atoms with van der Waals surface area (Å²) in [5, 5.41) is 3.16. The van der Waals surface area contributed by atoms with E-state index in [-0.39, 0.29) is 0 Å². The second kappa shape index (κ2) is 5.53. The van der Waals surface area contributed by atoms with Crippen molar-refractivity contribution in [2.45, 2.75) is 6.92 Å². The fourth-order valence-corrected chi connectivity index (χ4v) is 2.34. The second-order valence-electron chi connectivity index (χ2n) is 5.21. The number of aromatic nitrogens is 3. The summed E-state index contributed by atoms with van der Waals surface area (Å²) in [7, 11) is 0. The zero-order valence-electron chi connectivity index (χ0n) is 12.5. The van der Waals surface area contributed by atoms with Gasteiger partial charge in [-0.15, -0.1) is 0 Å². The van der Waals surface area contributed by atoms with Gasteiger partial charge in [0.1, 0.15) is 5.52 Å². The Bertz CT molecular complexity index is 927. The highest BCUT2D eigenvalue weighted by molar-refractivity contribution is 5.75. The molecule has 112 valence electrons. The van der Waals surface area contributed by atoms with Crippen LogP contribution in [0.2, 0.25) is 0 Å². The van der Waals surface area contributed by atoms with Gasteiger partial charge < -0.3 is 9.73 Å². The number of para-hydroxylation sites is 2. The predicted molar refractivity (Wildman–Crippen MR) is 89.5 cm³/mol. The molecular weight excluding hydrogens is 288 g/mol. The molecule has 0 amide bonds. The van der Waals surface area contributed by atoms with Crippen molar-refractivity contribution in [1.82, 2.24) is 15.0 Å². The molecule has 0 aliphatic rings. The minimum atomic E-state index is 0.478. The molecule has 2 aromatic carbocycles. The SMILES string of the molecule is Cc1ccnc(-c2ccc(Nc3nc4ccccc4o3)cc2)n1. The number of hydrogen-bond donors (Lipinski definition) is 1. The highest BCUT2D eigenvalue weighted by atomic mass is 16.4. The van der Waals surface area contributed by atoms with E-state index in [1.807, 2.05) is 61.5 Å². The lowest BCUT2D eigenvalue weighted by Crippen LogP contribution is -1.92. The van der Waals surface area contributed by atoms with E-state index in [2.05, 4.69) is 20.3 Å². The van der Waals surface area contributed by atoms with E-state index in [1.54, 1.807) is 6.20 Å². The van der Waals surface area contributed by atoms with Crippen LogP contribution in [0.15, 0.2) is 65.2 Å². The molecule has 0 aliphatic heterocycles. The summed E-state index contributed by atoms with van der Waals surface area (Å²) in [6.45, 7) is 1.95. The quantitative estimate of drug-likeness (QED) is 0.610. The van der Waals surface area contributed by atoms with Crippen molar-refractivity contribution in [1.29, 1.82) is 0 Å². The molecular formula is C18H14N4O. The highest BCUT2D eigenvalue weighted by Gasteiger charge is 2.06. The Kier molecular flexibility index (Phi) is 3.24. The molecule has 0 spiro atoms. The summed E-state index contributed by atoms with van der Waals surface area (Å²) in [5.41, 5.74) is 4.41. The number of nitrogens with zero attached hydrogens (tertiary/aromatic N) is 3. The molecule has 2 heterocycles. The van der Waals surface area contributed by atoms with Crippen LogP contribution < -0.4 is 5.32 Å². The van der Waals surface area contributed by atoms with Crippen LogP contribution in [-0.2, 0) is 0 Å². The maximum absolute atomic E-state index is 5.66. The van der Waals surface area contributed by atoms with E-state index >= 15 is 0 Å². The van der Waals surface area contributed by atoms with Crippen LogP contribution in [0.3, 0.4) is 0 Å². The number of oxazole rings is 1. The number of rotatable bonds is 3. The van der Waals surface area contributed by atoms with E-state index in [4.69, 9.17) is 4.42 Å². The Morgan fingerprint density at radius 1 is 0.913 bits per heavy atom. The highest BCUT2D eigenvalue weighted by Crippen LogP contribution is 2.23. The van der Waals surface area contributed by atoms with Gasteiger partial charge in [-0.1, -0.05) is 12.1 Å². The lowest BCUT2D eigenvalue weighted by Gasteiger charge is -2.04. The van der Waals surface area contributed by atoms with Gasteiger partial charge in [-0.2, -0.15) is 4.98 Å². The maximum Gasteiger partial charge on any atom is 0.300 e. The third-order valence-electron chi connectivity index (χ3n) is 3.48. The summed E-state index contributed by atoms with van der Waals surface area (Å²) >= 11 is 0. The maximum atomic E-state index is 5.66. The molecule has 5 nitrogen and oxygen atoms in total. The van der Waals surface area contributed by atoms with Gasteiger partial charge in [0.05, 0.1) is 0 Å². The Balaban J connectivity index is 1.58. The van der Waals surface area contributed by atoms with Gasteiger partial charge in [-0.05, 0) is 49.4 Å². The first-order valence-corrected chi connectivity index (χ1v) is 7.31. The summed E-state index contributed by atoms with van der Waals surface area (Å²) in [5.74, 6) is 0.721.